The molecule has 294 valence electrons. The average Bonchev–Trinajstić information content (AvgIpc) is 3.57. The van der Waals surface area contributed by atoms with Gasteiger partial charge in [-0.1, -0.05) is 25.4 Å². The van der Waals surface area contributed by atoms with Crippen molar-refractivity contribution in [2.75, 3.05) is 25.7 Å². The molecule has 0 radical (unpaired) electrons. The van der Waals surface area contributed by atoms with Crippen LogP contribution in [0.5, 0.6) is 11.5 Å². The van der Waals surface area contributed by atoms with E-state index in [9.17, 15) is 63.2 Å². The zero-order valence-electron chi connectivity index (χ0n) is 28.1. The number of hydrogen-bond donors (Lipinski definition) is 1. The van der Waals surface area contributed by atoms with Crippen LogP contribution in [0.2, 0.25) is 5.02 Å². The van der Waals surface area contributed by atoms with Crippen molar-refractivity contribution in [1.29, 1.82) is 0 Å². The summed E-state index contributed by atoms with van der Waals surface area (Å²) >= 11 is 6.84. The van der Waals surface area contributed by atoms with Gasteiger partial charge in [-0.05, 0) is 42.2 Å². The molecule has 1 aliphatic heterocycles. The van der Waals surface area contributed by atoms with E-state index in [-0.39, 0.29) is 34.4 Å². The number of sulfonamides is 1. The summed E-state index contributed by atoms with van der Waals surface area (Å²) in [5, 5.41) is 10.7. The molecule has 12 nitrogen and oxygen atoms in total. The fourth-order valence-corrected chi connectivity index (χ4v) is 6.30. The third kappa shape index (κ3) is 11.2. The van der Waals surface area contributed by atoms with Gasteiger partial charge in [0.1, 0.15) is 27.8 Å². The van der Waals surface area contributed by atoms with Crippen molar-refractivity contribution in [3.8, 4) is 11.5 Å². The number of nitrogens with one attached hydrogen (secondary N) is 1. The smallest absolute Gasteiger partial charge is 0.434 e. The van der Waals surface area contributed by atoms with E-state index in [2.05, 4.69) is 14.7 Å². The molecule has 2 aromatic carbocycles. The molecule has 0 spiro atoms. The number of carbonyl (C=O) groups excluding carboxylic acids is 2. The minimum absolute atomic E-state index is 0.0231. The van der Waals surface area contributed by atoms with Gasteiger partial charge >= 0.3 is 18.3 Å². The van der Waals surface area contributed by atoms with Crippen LogP contribution in [-0.2, 0) is 33.5 Å². The van der Waals surface area contributed by atoms with E-state index in [0.717, 1.165) is 43.1 Å². The fraction of sp³-hybridized carbons (Fsp3) is 0.355. The molecule has 0 unspecified atom stereocenters. The lowest BCUT2D eigenvalue weighted by molar-refractivity contribution is -0.385. The van der Waals surface area contributed by atoms with E-state index in [1.54, 1.807) is 18.6 Å². The van der Waals surface area contributed by atoms with Gasteiger partial charge in [0.15, 0.2) is 5.69 Å². The third-order valence-electron chi connectivity index (χ3n) is 6.78. The van der Waals surface area contributed by atoms with Gasteiger partial charge in [0.2, 0.25) is 10.0 Å². The lowest BCUT2D eigenvalue weighted by Crippen LogP contribution is -2.29. The number of amides is 1. The molecule has 1 aliphatic rings. The molecule has 0 fully saturated rings. The van der Waals surface area contributed by atoms with Gasteiger partial charge in [0.25, 0.3) is 18.0 Å². The van der Waals surface area contributed by atoms with E-state index in [0.29, 0.717) is 30.7 Å². The maximum atomic E-state index is 13.6. The molecule has 1 amide bonds. The molecule has 4 rings (SSSR count). The van der Waals surface area contributed by atoms with Crippen molar-refractivity contribution in [3.05, 3.63) is 90.7 Å². The number of esters is 1. The minimum atomic E-state index is -4.97. The van der Waals surface area contributed by atoms with Crippen molar-refractivity contribution in [3.63, 3.8) is 0 Å². The normalized spacial score (nSPS) is 13.3. The number of pyridine rings is 1. The highest BCUT2D eigenvalue weighted by molar-refractivity contribution is 8.14. The molecule has 0 atom stereocenters. The Hall–Kier alpha value is -4.57. The zero-order valence-corrected chi connectivity index (χ0v) is 30.5. The van der Waals surface area contributed by atoms with Crippen molar-refractivity contribution in [2.45, 2.75) is 39.0 Å². The van der Waals surface area contributed by atoms with Crippen LogP contribution in [0.1, 0.15) is 69.1 Å². The number of aromatic nitrogens is 1. The first-order valence-electron chi connectivity index (χ1n) is 14.9. The Morgan fingerprint density at radius 1 is 1.07 bits per heavy atom. The maximum absolute atomic E-state index is 13.6. The molecule has 2 heterocycles. The van der Waals surface area contributed by atoms with Crippen LogP contribution < -0.4 is 9.46 Å². The fourth-order valence-electron chi connectivity index (χ4n) is 4.71. The Morgan fingerprint density at radius 2 is 1.72 bits per heavy atom. The second-order valence-electron chi connectivity index (χ2n) is 11.4. The predicted molar refractivity (Wildman–Crippen MR) is 180 cm³/mol. The number of carbonyl (C=O) groups is 2. The number of alkyl halides is 8. The van der Waals surface area contributed by atoms with Crippen LogP contribution in [0.15, 0.2) is 41.4 Å². The summed E-state index contributed by atoms with van der Waals surface area (Å²) in [5.41, 5.74) is -6.13. The third-order valence-corrected chi connectivity index (χ3v) is 8.62. The molecular weight excluding hydrogens is 808 g/mol. The molecule has 1 N–H and O–H groups in total. The highest BCUT2D eigenvalue weighted by Gasteiger charge is 2.42. The molecule has 23 heteroatoms. The maximum Gasteiger partial charge on any atom is 0.434 e. The molecule has 0 saturated carbocycles. The van der Waals surface area contributed by atoms with Gasteiger partial charge in [-0.15, -0.1) is 11.8 Å². The van der Waals surface area contributed by atoms with E-state index in [4.69, 9.17) is 16.3 Å². The average molecular weight is 835 g/mol. The largest absolute Gasteiger partial charge is 0.465 e. The number of rotatable bonds is 10. The summed E-state index contributed by atoms with van der Waals surface area (Å²) in [4.78, 5) is 41.5. The molecular formula is C31H27ClF8N4O8S2. The topological polar surface area (TPSA) is 167 Å². The van der Waals surface area contributed by atoms with Crippen LogP contribution in [-0.4, -0.2) is 60.9 Å². The first-order valence-corrected chi connectivity index (χ1v) is 18.1. The monoisotopic (exact) mass is 834 g/mol. The highest BCUT2D eigenvalue weighted by atomic mass is 35.5. The standard InChI is InChI=1S/C16H17F5N2O2S.C15H10ClF3N2O6S/c1-7(2)6-8-9(15(24)25-3)11(13(17)18)23-12(16(19,20)21)10(8)14-22-4-5-26-14;1-28(25,26)20-14(22)10-7-9(3-4-12(10)21(23)24)27-13-5-2-8(6-11(13)16)15(17,18)19/h7,13H,4-6H2,1-3H3;2-7H,1H3,(H,20,22). The Morgan fingerprint density at radius 3 is 2.19 bits per heavy atom. The zero-order chi connectivity index (χ0) is 40.9. The lowest BCUT2D eigenvalue weighted by Gasteiger charge is -2.22. The van der Waals surface area contributed by atoms with Gasteiger partial charge in [-0.2, -0.15) is 26.3 Å². The molecule has 54 heavy (non-hydrogen) atoms. The number of ether oxygens (including phenoxy) is 2. The van der Waals surface area contributed by atoms with Crippen LogP contribution in [0, 0.1) is 16.0 Å². The molecule has 1 aromatic heterocycles. The van der Waals surface area contributed by atoms with Gasteiger partial charge in [-0.3, -0.25) is 19.9 Å². The van der Waals surface area contributed by atoms with Crippen LogP contribution in [0.4, 0.5) is 40.8 Å². The van der Waals surface area contributed by atoms with Crippen molar-refractivity contribution in [2.24, 2.45) is 10.9 Å². The Balaban J connectivity index is 0.000000291. The Labute approximate surface area is 310 Å². The van der Waals surface area contributed by atoms with Gasteiger partial charge in [0, 0.05) is 30.0 Å². The molecule has 3 aromatic rings. The summed E-state index contributed by atoms with van der Waals surface area (Å²) in [6.45, 7) is 3.73. The van der Waals surface area contributed by atoms with Crippen molar-refractivity contribution in [1.82, 2.24) is 9.71 Å². The number of aliphatic imine (C=N–C) groups is 1. The molecule has 0 aliphatic carbocycles. The van der Waals surface area contributed by atoms with E-state index in [1.807, 2.05) is 0 Å². The first-order chi connectivity index (χ1) is 24.8. The number of methoxy groups -OCH3 is 1. The number of halogens is 9. The number of nitro groups is 1. The van der Waals surface area contributed by atoms with Crippen LogP contribution in [0.3, 0.4) is 0 Å². The predicted octanol–water partition coefficient (Wildman–Crippen LogP) is 8.27. The van der Waals surface area contributed by atoms with Crippen LogP contribution >= 0.6 is 23.4 Å². The second kappa shape index (κ2) is 17.3. The van der Waals surface area contributed by atoms with Gasteiger partial charge in [-0.25, -0.2) is 31.7 Å². The summed E-state index contributed by atoms with van der Waals surface area (Å²) < 4.78 is 139. The number of thioether (sulfide) groups is 1. The highest BCUT2D eigenvalue weighted by Crippen LogP contribution is 2.41. The van der Waals surface area contributed by atoms with Crippen molar-refractivity contribution >= 4 is 56.0 Å². The van der Waals surface area contributed by atoms with E-state index < -0.39 is 90.0 Å². The molecule has 0 saturated heterocycles. The Bertz CT molecular complexity index is 2080. The molecule has 0 bridgehead atoms. The quantitative estimate of drug-likeness (QED) is 0.0909. The van der Waals surface area contributed by atoms with Crippen molar-refractivity contribution < 1.29 is 67.5 Å². The first kappa shape index (κ1) is 43.8. The number of hydrogen-bond acceptors (Lipinski definition) is 11. The van der Waals surface area contributed by atoms with Gasteiger partial charge < -0.3 is 9.47 Å². The minimum Gasteiger partial charge on any atom is -0.465 e. The second-order valence-corrected chi connectivity index (χ2v) is 14.6. The summed E-state index contributed by atoms with van der Waals surface area (Å²) in [6, 6.07) is 5.09. The van der Waals surface area contributed by atoms with Crippen LogP contribution in [0.25, 0.3) is 0 Å². The van der Waals surface area contributed by atoms with Gasteiger partial charge in [0.05, 0.1) is 34.4 Å². The lowest BCUT2D eigenvalue weighted by atomic mass is 9.91. The SMILES string of the molecule is COC(=O)c1c(C(F)F)nc(C(F)(F)F)c(C2=NCCS2)c1CC(C)C.CS(=O)(=O)NC(=O)c1cc(Oc2ccc(C(F)(F)F)cc2Cl)ccc1[N+](=O)[O-]. The Kier molecular flexibility index (Phi) is 14.0. The number of nitro benzene ring substituents is 1. The summed E-state index contributed by atoms with van der Waals surface area (Å²) in [6.07, 6.45) is -12.3. The number of nitrogens with zero attached hydrogens (tertiary/aromatic N) is 3. The summed E-state index contributed by atoms with van der Waals surface area (Å²) in [5.74, 6) is -2.54. The summed E-state index contributed by atoms with van der Waals surface area (Å²) in [7, 11) is -3.02. The van der Waals surface area contributed by atoms with E-state index >= 15 is 0 Å². The number of benzene rings is 2. The van der Waals surface area contributed by atoms with E-state index in [1.165, 1.54) is 0 Å².